The van der Waals surface area contributed by atoms with Crippen molar-refractivity contribution in [3.05, 3.63) is 29.8 Å². The maximum absolute atomic E-state index is 12.2. The molecule has 6 heteroatoms. The zero-order valence-corrected chi connectivity index (χ0v) is 15.3. The summed E-state index contributed by atoms with van der Waals surface area (Å²) in [5.74, 6) is 0.187. The fourth-order valence-corrected chi connectivity index (χ4v) is 3.34. The van der Waals surface area contributed by atoms with Gasteiger partial charge in [-0.3, -0.25) is 9.10 Å². The largest absolute Gasteiger partial charge is 0.354 e. The number of benzene rings is 1. The molecule has 0 aliphatic heterocycles. The first-order valence-corrected chi connectivity index (χ1v) is 9.95. The van der Waals surface area contributed by atoms with Gasteiger partial charge in [-0.25, -0.2) is 8.42 Å². The number of rotatable bonds is 9. The number of para-hydroxylation sites is 1. The van der Waals surface area contributed by atoms with Crippen LogP contribution in [0.2, 0.25) is 0 Å². The van der Waals surface area contributed by atoms with Gasteiger partial charge < -0.3 is 5.32 Å². The van der Waals surface area contributed by atoms with Crippen LogP contribution < -0.4 is 9.62 Å². The molecule has 23 heavy (non-hydrogen) atoms. The second kappa shape index (κ2) is 8.91. The summed E-state index contributed by atoms with van der Waals surface area (Å²) in [5, 5.41) is 2.79. The van der Waals surface area contributed by atoms with Gasteiger partial charge in [-0.15, -0.1) is 0 Å². The van der Waals surface area contributed by atoms with Crippen LogP contribution in [0.1, 0.15) is 51.5 Å². The maximum Gasteiger partial charge on any atom is 0.232 e. The number of nitrogens with one attached hydrogen (secondary N) is 1. The van der Waals surface area contributed by atoms with Crippen molar-refractivity contribution in [1.82, 2.24) is 5.32 Å². The van der Waals surface area contributed by atoms with Crippen molar-refractivity contribution in [3.8, 4) is 0 Å². The summed E-state index contributed by atoms with van der Waals surface area (Å²) in [5.41, 5.74) is 1.67. The molecule has 0 unspecified atom stereocenters. The molecule has 5 nitrogen and oxygen atoms in total. The van der Waals surface area contributed by atoms with Crippen molar-refractivity contribution in [2.45, 2.75) is 46.0 Å². The molecule has 0 spiro atoms. The molecule has 0 heterocycles. The summed E-state index contributed by atoms with van der Waals surface area (Å²) in [7, 11) is -3.41. The number of anilines is 1. The average molecular weight is 340 g/mol. The molecule has 130 valence electrons. The molecule has 0 aromatic heterocycles. The quantitative estimate of drug-likeness (QED) is 0.751. The lowest BCUT2D eigenvalue weighted by molar-refractivity contribution is -0.121. The van der Waals surface area contributed by atoms with Crippen LogP contribution in [-0.4, -0.2) is 33.7 Å². The van der Waals surface area contributed by atoms with E-state index in [1.807, 2.05) is 45.0 Å². The highest BCUT2D eigenvalue weighted by Crippen LogP contribution is 2.28. The van der Waals surface area contributed by atoms with Crippen molar-refractivity contribution in [2.24, 2.45) is 0 Å². The molecule has 1 N–H and O–H groups in total. The van der Waals surface area contributed by atoms with Gasteiger partial charge in [-0.2, -0.15) is 0 Å². The minimum absolute atomic E-state index is 0.0301. The topological polar surface area (TPSA) is 66.5 Å². The van der Waals surface area contributed by atoms with Gasteiger partial charge in [-0.05, 0) is 24.0 Å². The average Bonchev–Trinajstić information content (AvgIpc) is 2.48. The third-order valence-electron chi connectivity index (χ3n) is 3.62. The number of hydrogen-bond acceptors (Lipinski definition) is 3. The first kappa shape index (κ1) is 19.5. The Morgan fingerprint density at radius 3 is 2.48 bits per heavy atom. The Bertz CT molecular complexity index is 612. The Hall–Kier alpha value is -1.56. The minimum Gasteiger partial charge on any atom is -0.354 e. The second-order valence-electron chi connectivity index (χ2n) is 6.00. The molecule has 1 amide bonds. The predicted molar refractivity (Wildman–Crippen MR) is 95.3 cm³/mol. The van der Waals surface area contributed by atoms with Crippen molar-refractivity contribution in [3.63, 3.8) is 0 Å². The SMILES string of the molecule is CCCCC(=O)NCCN(c1ccccc1C(C)C)S(C)(=O)=O. The van der Waals surface area contributed by atoms with E-state index in [2.05, 4.69) is 5.32 Å². The number of sulfonamides is 1. The van der Waals surface area contributed by atoms with E-state index in [4.69, 9.17) is 0 Å². The van der Waals surface area contributed by atoms with E-state index in [0.29, 0.717) is 18.7 Å². The second-order valence-corrected chi connectivity index (χ2v) is 7.91. The number of hydrogen-bond donors (Lipinski definition) is 1. The molecule has 0 bridgehead atoms. The van der Waals surface area contributed by atoms with E-state index >= 15 is 0 Å². The Morgan fingerprint density at radius 1 is 1.26 bits per heavy atom. The van der Waals surface area contributed by atoms with Gasteiger partial charge in [0, 0.05) is 13.0 Å². The lowest BCUT2D eigenvalue weighted by atomic mass is 10.0. The molecule has 1 rings (SSSR count). The normalized spacial score (nSPS) is 11.5. The Kier molecular flexibility index (Phi) is 7.55. The summed E-state index contributed by atoms with van der Waals surface area (Å²) in [6.45, 7) is 6.64. The predicted octanol–water partition coefficient (Wildman–Crippen LogP) is 2.88. The monoisotopic (exact) mass is 340 g/mol. The zero-order chi connectivity index (χ0) is 17.5. The molecule has 0 saturated carbocycles. The third-order valence-corrected chi connectivity index (χ3v) is 4.80. The molecule has 0 fully saturated rings. The number of nitrogens with zero attached hydrogens (tertiary/aromatic N) is 1. The van der Waals surface area contributed by atoms with Crippen LogP contribution in [-0.2, 0) is 14.8 Å². The number of carbonyl (C=O) groups is 1. The Labute approximate surface area is 140 Å². The lowest BCUT2D eigenvalue weighted by Gasteiger charge is -2.26. The van der Waals surface area contributed by atoms with Gasteiger partial charge in [0.05, 0.1) is 18.5 Å². The summed E-state index contributed by atoms with van der Waals surface area (Å²) < 4.78 is 25.7. The van der Waals surface area contributed by atoms with Crippen LogP contribution in [0.3, 0.4) is 0 Å². The van der Waals surface area contributed by atoms with E-state index in [9.17, 15) is 13.2 Å². The molecule has 0 aliphatic rings. The van der Waals surface area contributed by atoms with Crippen molar-refractivity contribution in [2.75, 3.05) is 23.7 Å². The van der Waals surface area contributed by atoms with Gasteiger partial charge in [0.2, 0.25) is 15.9 Å². The fraction of sp³-hybridized carbons (Fsp3) is 0.588. The van der Waals surface area contributed by atoms with Gasteiger partial charge >= 0.3 is 0 Å². The molecule has 0 atom stereocenters. The number of amides is 1. The highest BCUT2D eigenvalue weighted by molar-refractivity contribution is 7.92. The summed E-state index contributed by atoms with van der Waals surface area (Å²) in [4.78, 5) is 11.7. The summed E-state index contributed by atoms with van der Waals surface area (Å²) >= 11 is 0. The standard InChI is InChI=1S/C17H28N2O3S/c1-5-6-11-17(20)18-12-13-19(23(4,21)22)16-10-8-7-9-15(16)14(2)3/h7-10,14H,5-6,11-13H2,1-4H3,(H,18,20). The molecule has 0 saturated heterocycles. The van der Waals surface area contributed by atoms with E-state index in [-0.39, 0.29) is 18.4 Å². The highest BCUT2D eigenvalue weighted by Gasteiger charge is 2.21. The van der Waals surface area contributed by atoms with Gasteiger partial charge in [0.25, 0.3) is 0 Å². The van der Waals surface area contributed by atoms with Gasteiger partial charge in [-0.1, -0.05) is 45.4 Å². The molecule has 0 radical (unpaired) electrons. The van der Waals surface area contributed by atoms with Crippen LogP contribution >= 0.6 is 0 Å². The molecule has 1 aromatic carbocycles. The Morgan fingerprint density at radius 2 is 1.91 bits per heavy atom. The maximum atomic E-state index is 12.2. The summed E-state index contributed by atoms with van der Waals surface area (Å²) in [6.07, 6.45) is 3.49. The molecular weight excluding hydrogens is 312 g/mol. The van der Waals surface area contributed by atoms with Crippen molar-refractivity contribution in [1.29, 1.82) is 0 Å². The minimum atomic E-state index is -3.41. The highest BCUT2D eigenvalue weighted by atomic mass is 32.2. The van der Waals surface area contributed by atoms with Gasteiger partial charge in [0.1, 0.15) is 0 Å². The lowest BCUT2D eigenvalue weighted by Crippen LogP contribution is -2.38. The molecule has 1 aromatic rings. The van der Waals surface area contributed by atoms with Crippen LogP contribution in [0.5, 0.6) is 0 Å². The molecule has 0 aliphatic carbocycles. The van der Waals surface area contributed by atoms with E-state index in [1.165, 1.54) is 10.6 Å². The van der Waals surface area contributed by atoms with Crippen LogP contribution in [0.4, 0.5) is 5.69 Å². The number of unbranched alkanes of at least 4 members (excludes halogenated alkanes) is 1. The molecular formula is C17H28N2O3S. The summed E-state index contributed by atoms with van der Waals surface area (Å²) in [6, 6.07) is 7.50. The smallest absolute Gasteiger partial charge is 0.232 e. The van der Waals surface area contributed by atoms with Crippen LogP contribution in [0, 0.1) is 0 Å². The fourth-order valence-electron chi connectivity index (χ4n) is 2.39. The van der Waals surface area contributed by atoms with Crippen molar-refractivity contribution < 1.29 is 13.2 Å². The first-order valence-electron chi connectivity index (χ1n) is 8.10. The van der Waals surface area contributed by atoms with E-state index in [1.54, 1.807) is 0 Å². The van der Waals surface area contributed by atoms with E-state index in [0.717, 1.165) is 18.4 Å². The Balaban J connectivity index is 2.86. The van der Waals surface area contributed by atoms with Crippen molar-refractivity contribution >= 4 is 21.6 Å². The zero-order valence-electron chi connectivity index (χ0n) is 14.5. The number of carbonyl (C=O) groups excluding carboxylic acids is 1. The van der Waals surface area contributed by atoms with Crippen LogP contribution in [0.15, 0.2) is 24.3 Å². The van der Waals surface area contributed by atoms with Crippen LogP contribution in [0.25, 0.3) is 0 Å². The van der Waals surface area contributed by atoms with Gasteiger partial charge in [0.15, 0.2) is 0 Å². The van der Waals surface area contributed by atoms with E-state index < -0.39 is 10.0 Å². The first-order chi connectivity index (χ1) is 10.8. The third kappa shape index (κ3) is 6.22.